The molecule has 1 unspecified atom stereocenters. The normalized spacial score (nSPS) is 12.5. The molecule has 0 radical (unpaired) electrons. The molecule has 1 atom stereocenters. The third-order valence-electron chi connectivity index (χ3n) is 14.7. The van der Waals surface area contributed by atoms with Gasteiger partial charge in [-0.2, -0.15) is 0 Å². The van der Waals surface area contributed by atoms with E-state index in [1.807, 2.05) is 0 Å². The number of hydrogen-bond donors (Lipinski definition) is 0. The molecule has 0 fully saturated rings. The highest BCUT2D eigenvalue weighted by Gasteiger charge is 2.19. The maximum Gasteiger partial charge on any atom is 0.306 e. The van der Waals surface area contributed by atoms with Crippen molar-refractivity contribution in [3.05, 3.63) is 72.9 Å². The zero-order valence-corrected chi connectivity index (χ0v) is 51.2. The molecule has 0 bridgehead atoms. The Bertz CT molecular complexity index is 1420. The first-order valence-electron chi connectivity index (χ1n) is 33.4. The van der Waals surface area contributed by atoms with Gasteiger partial charge in [0.1, 0.15) is 13.2 Å². The van der Waals surface area contributed by atoms with Gasteiger partial charge < -0.3 is 14.2 Å². The lowest BCUT2D eigenvalue weighted by Gasteiger charge is -2.18. The molecule has 0 aliphatic rings. The quantitative estimate of drug-likeness (QED) is 0.0261. The lowest BCUT2D eigenvalue weighted by atomic mass is 10.0. The van der Waals surface area contributed by atoms with E-state index in [-0.39, 0.29) is 31.1 Å². The summed E-state index contributed by atoms with van der Waals surface area (Å²) in [5.74, 6) is -0.874. The van der Waals surface area contributed by atoms with Gasteiger partial charge in [-0.3, -0.25) is 14.4 Å². The molecule has 0 aromatic carbocycles. The van der Waals surface area contributed by atoms with Crippen LogP contribution in [0.15, 0.2) is 72.9 Å². The van der Waals surface area contributed by atoms with Crippen LogP contribution in [0.1, 0.15) is 342 Å². The van der Waals surface area contributed by atoms with Crippen LogP contribution in [-0.2, 0) is 28.6 Å². The second kappa shape index (κ2) is 65.4. The van der Waals surface area contributed by atoms with Gasteiger partial charge in [0.2, 0.25) is 0 Å². The van der Waals surface area contributed by atoms with E-state index in [2.05, 4.69) is 93.7 Å². The first kappa shape index (κ1) is 73.8. The molecule has 0 heterocycles. The van der Waals surface area contributed by atoms with Crippen molar-refractivity contribution in [3.63, 3.8) is 0 Å². The smallest absolute Gasteiger partial charge is 0.306 e. The number of hydrogen-bond acceptors (Lipinski definition) is 6. The summed E-state index contributed by atoms with van der Waals surface area (Å²) in [6.45, 7) is 6.54. The highest BCUT2D eigenvalue weighted by Crippen LogP contribution is 2.17. The lowest BCUT2D eigenvalue weighted by molar-refractivity contribution is -0.167. The Morgan fingerprint density at radius 3 is 0.831 bits per heavy atom. The van der Waals surface area contributed by atoms with Gasteiger partial charge >= 0.3 is 17.9 Å². The first-order valence-corrected chi connectivity index (χ1v) is 33.4. The van der Waals surface area contributed by atoms with Crippen LogP contribution in [0.5, 0.6) is 0 Å². The number of unbranched alkanes of at least 4 members (excludes halogenated alkanes) is 38. The van der Waals surface area contributed by atoms with E-state index in [1.165, 1.54) is 199 Å². The van der Waals surface area contributed by atoms with Gasteiger partial charge in [0.25, 0.3) is 0 Å². The number of esters is 3. The summed E-state index contributed by atoms with van der Waals surface area (Å²) < 4.78 is 16.9. The van der Waals surface area contributed by atoms with E-state index in [1.54, 1.807) is 0 Å². The lowest BCUT2D eigenvalue weighted by Crippen LogP contribution is -2.30. The summed E-state index contributed by atoms with van der Waals surface area (Å²) >= 11 is 0. The highest BCUT2D eigenvalue weighted by molar-refractivity contribution is 5.71. The highest BCUT2D eigenvalue weighted by atomic mass is 16.6. The second-order valence-electron chi connectivity index (χ2n) is 22.4. The molecular weight excluding hydrogens is 949 g/mol. The minimum atomic E-state index is -0.780. The average Bonchev–Trinajstić information content (AvgIpc) is 3.43. The summed E-state index contributed by atoms with van der Waals surface area (Å²) in [6.07, 6.45) is 84.9. The van der Waals surface area contributed by atoms with Crippen molar-refractivity contribution >= 4 is 17.9 Å². The zero-order valence-electron chi connectivity index (χ0n) is 51.2. The summed E-state index contributed by atoms with van der Waals surface area (Å²) in [7, 11) is 0. The van der Waals surface area contributed by atoms with Crippen molar-refractivity contribution in [2.75, 3.05) is 13.2 Å². The molecule has 0 N–H and O–H groups in total. The third kappa shape index (κ3) is 63.6. The van der Waals surface area contributed by atoms with Gasteiger partial charge in [-0.05, 0) is 89.9 Å². The summed E-state index contributed by atoms with van der Waals surface area (Å²) in [4.78, 5) is 38.3. The van der Waals surface area contributed by atoms with Crippen molar-refractivity contribution in [2.45, 2.75) is 348 Å². The fraction of sp³-hybridized carbons (Fsp3) is 0.789. The van der Waals surface area contributed by atoms with Gasteiger partial charge in [-0.25, -0.2) is 0 Å². The van der Waals surface area contributed by atoms with Crippen LogP contribution < -0.4 is 0 Å². The molecule has 0 aromatic rings. The van der Waals surface area contributed by atoms with Crippen LogP contribution in [0.25, 0.3) is 0 Å². The predicted octanol–water partition coefficient (Wildman–Crippen LogP) is 22.9. The molecule has 0 spiro atoms. The fourth-order valence-corrected chi connectivity index (χ4v) is 9.70. The van der Waals surface area contributed by atoms with Crippen LogP contribution in [0.2, 0.25) is 0 Å². The topological polar surface area (TPSA) is 78.9 Å². The SMILES string of the molecule is CC/C=C\C/C=C\C/C=C\C/C=C\C/C=C\CCCCCCCCCCCC(=O)OCC(COC(=O)CCCCCCC/C=C\CCCCC)OC(=O)CCCCCCCCCCCCCCCCCCCCCCCC. The van der Waals surface area contributed by atoms with Crippen LogP contribution in [0, 0.1) is 0 Å². The summed E-state index contributed by atoms with van der Waals surface area (Å²) in [5, 5.41) is 0. The minimum absolute atomic E-state index is 0.0780. The van der Waals surface area contributed by atoms with Crippen molar-refractivity contribution < 1.29 is 28.6 Å². The Labute approximate surface area is 478 Å². The van der Waals surface area contributed by atoms with Gasteiger partial charge in [0, 0.05) is 19.3 Å². The summed E-state index contributed by atoms with van der Waals surface area (Å²) in [5.41, 5.74) is 0. The van der Waals surface area contributed by atoms with E-state index in [0.29, 0.717) is 19.3 Å². The molecular formula is C71H126O6. The molecule has 0 amide bonds. The summed E-state index contributed by atoms with van der Waals surface area (Å²) in [6, 6.07) is 0. The largest absolute Gasteiger partial charge is 0.462 e. The first-order chi connectivity index (χ1) is 38.0. The standard InChI is InChI=1S/C71H126O6/c1-4-7-10-13-16-19-22-25-27-29-31-33-35-36-37-39-40-42-44-46-49-52-55-58-61-64-70(73)76-67-68(66-75-69(72)63-60-57-54-51-48-24-21-18-15-12-9-6-3)77-71(74)65-62-59-56-53-50-47-45-43-41-38-34-32-30-28-26-23-20-17-14-11-8-5-2/h7,10,16,18-19,21,25,27,31,33,36-37,68H,4-6,8-9,11-15,17,20,22-24,26,28-30,32,34-35,38-67H2,1-3H3/b10-7-,19-16-,21-18-,27-25-,33-31-,37-36-. The zero-order chi connectivity index (χ0) is 55.7. The Hall–Kier alpha value is -3.15. The Kier molecular flexibility index (Phi) is 62.7. The number of carbonyl (C=O) groups excluding carboxylic acids is 3. The van der Waals surface area contributed by atoms with E-state index in [0.717, 1.165) is 103 Å². The molecule has 6 heteroatoms. The molecule has 0 aromatic heterocycles. The number of ether oxygens (including phenoxy) is 3. The van der Waals surface area contributed by atoms with E-state index >= 15 is 0 Å². The number of carbonyl (C=O) groups is 3. The van der Waals surface area contributed by atoms with E-state index in [9.17, 15) is 14.4 Å². The number of rotatable bonds is 61. The van der Waals surface area contributed by atoms with Crippen molar-refractivity contribution in [1.29, 1.82) is 0 Å². The van der Waals surface area contributed by atoms with Gasteiger partial charge in [0.15, 0.2) is 6.10 Å². The van der Waals surface area contributed by atoms with Crippen molar-refractivity contribution in [3.8, 4) is 0 Å². The molecule has 0 aliphatic heterocycles. The fourth-order valence-electron chi connectivity index (χ4n) is 9.70. The van der Waals surface area contributed by atoms with E-state index < -0.39 is 6.10 Å². The van der Waals surface area contributed by atoms with Gasteiger partial charge in [-0.15, -0.1) is 0 Å². The van der Waals surface area contributed by atoms with Crippen LogP contribution >= 0.6 is 0 Å². The minimum Gasteiger partial charge on any atom is -0.462 e. The molecule has 0 rings (SSSR count). The Morgan fingerprint density at radius 1 is 0.273 bits per heavy atom. The maximum absolute atomic E-state index is 12.9. The number of allylic oxidation sites excluding steroid dienone is 12. The Morgan fingerprint density at radius 2 is 0.506 bits per heavy atom. The maximum atomic E-state index is 12.9. The Balaban J connectivity index is 4.27. The molecule has 77 heavy (non-hydrogen) atoms. The van der Waals surface area contributed by atoms with Crippen LogP contribution in [0.4, 0.5) is 0 Å². The van der Waals surface area contributed by atoms with Crippen LogP contribution in [-0.4, -0.2) is 37.2 Å². The van der Waals surface area contributed by atoms with Gasteiger partial charge in [-0.1, -0.05) is 306 Å². The molecule has 6 nitrogen and oxygen atoms in total. The predicted molar refractivity (Wildman–Crippen MR) is 335 cm³/mol. The van der Waals surface area contributed by atoms with Crippen molar-refractivity contribution in [2.24, 2.45) is 0 Å². The monoisotopic (exact) mass is 1070 g/mol. The van der Waals surface area contributed by atoms with Crippen molar-refractivity contribution in [1.82, 2.24) is 0 Å². The molecule has 0 aliphatic carbocycles. The molecule has 0 saturated carbocycles. The third-order valence-corrected chi connectivity index (χ3v) is 14.7. The van der Waals surface area contributed by atoms with E-state index in [4.69, 9.17) is 14.2 Å². The molecule has 0 saturated heterocycles. The second-order valence-corrected chi connectivity index (χ2v) is 22.4. The van der Waals surface area contributed by atoms with Crippen LogP contribution in [0.3, 0.4) is 0 Å². The average molecular weight is 1080 g/mol. The molecule has 446 valence electrons. The van der Waals surface area contributed by atoms with Gasteiger partial charge in [0.05, 0.1) is 0 Å².